The molecule has 2 rings (SSSR count). The Morgan fingerprint density at radius 1 is 0.897 bits per heavy atom. The van der Waals surface area contributed by atoms with Crippen molar-refractivity contribution in [3.05, 3.63) is 42.0 Å². The van der Waals surface area contributed by atoms with Crippen molar-refractivity contribution in [2.45, 2.75) is 64.8 Å². The lowest BCUT2D eigenvalue weighted by Crippen LogP contribution is -2.16. The first kappa shape index (κ1) is 23.8. The van der Waals surface area contributed by atoms with Crippen molar-refractivity contribution in [3.63, 3.8) is 0 Å². The summed E-state index contributed by atoms with van der Waals surface area (Å²) in [6.45, 7) is 4.77. The van der Waals surface area contributed by atoms with Crippen LogP contribution in [0.25, 0.3) is 10.8 Å². The van der Waals surface area contributed by atoms with E-state index in [9.17, 15) is 4.57 Å². The topological polar surface area (TPSA) is 67.8 Å². The third kappa shape index (κ3) is 9.22. The molecule has 0 spiro atoms. The minimum Gasteiger partial charge on any atom is -0.493 e. The van der Waals surface area contributed by atoms with Gasteiger partial charge in [-0.25, -0.2) is 0 Å². The van der Waals surface area contributed by atoms with E-state index in [1.165, 1.54) is 49.5 Å². The molecular weight excluding hydrogens is 385 g/mol. The molecule has 2 aromatic rings. The molecule has 5 nitrogen and oxygen atoms in total. The molecule has 0 aliphatic rings. The molecule has 2 N–H and O–H groups in total. The highest BCUT2D eigenvalue weighted by Crippen LogP contribution is 2.29. The Balaban J connectivity index is 1.79. The van der Waals surface area contributed by atoms with E-state index in [0.29, 0.717) is 6.42 Å². The van der Waals surface area contributed by atoms with Crippen LogP contribution in [-0.2, 0) is 15.6 Å². The van der Waals surface area contributed by atoms with Crippen molar-refractivity contribution in [1.29, 1.82) is 0 Å². The van der Waals surface area contributed by atoms with Gasteiger partial charge in [-0.2, -0.15) is 0 Å². The van der Waals surface area contributed by atoms with Crippen molar-refractivity contribution in [2.75, 3.05) is 19.8 Å². The first-order valence-electron chi connectivity index (χ1n) is 10.9. The summed E-state index contributed by atoms with van der Waals surface area (Å²) >= 11 is 0. The highest BCUT2D eigenvalue weighted by atomic mass is 31.1. The van der Waals surface area contributed by atoms with Crippen molar-refractivity contribution in [2.24, 2.45) is 0 Å². The molecule has 0 aliphatic heterocycles. The average molecular weight is 421 g/mol. The van der Waals surface area contributed by atoms with Crippen LogP contribution in [0.1, 0.15) is 63.9 Å². The highest BCUT2D eigenvalue weighted by molar-refractivity contribution is 7.32. The monoisotopic (exact) mass is 420 g/mol. The van der Waals surface area contributed by atoms with Gasteiger partial charge in [0.25, 0.3) is 0 Å². The van der Waals surface area contributed by atoms with Crippen LogP contribution in [0.15, 0.2) is 36.4 Å². The second-order valence-corrected chi connectivity index (χ2v) is 8.07. The Morgan fingerprint density at radius 3 is 2.38 bits per heavy atom. The van der Waals surface area contributed by atoms with E-state index in [0.717, 1.165) is 37.3 Å². The summed E-state index contributed by atoms with van der Waals surface area (Å²) in [5.74, 6) is 0.954. The summed E-state index contributed by atoms with van der Waals surface area (Å²) < 4.78 is 21.3. The number of nitrogens with one attached hydrogen (secondary N) is 1. The zero-order valence-electron chi connectivity index (χ0n) is 17.6. The maximum absolute atomic E-state index is 10.5. The molecule has 6 heteroatoms. The number of unbranched alkanes of at least 4 members (excludes halogenated alkanes) is 6. The number of fused-ring (bicyclic) bond motifs is 1. The smallest absolute Gasteiger partial charge is 0.493 e. The van der Waals surface area contributed by atoms with E-state index in [1.807, 2.05) is 6.07 Å². The second-order valence-electron chi connectivity index (χ2n) is 7.34. The van der Waals surface area contributed by atoms with Crippen LogP contribution in [0.4, 0.5) is 0 Å². The lowest BCUT2D eigenvalue weighted by molar-refractivity contribution is 0.276. The number of rotatable bonds is 16. The third-order valence-corrected chi connectivity index (χ3v) is 5.40. The summed E-state index contributed by atoms with van der Waals surface area (Å²) in [7, 11) is -2.50. The first-order valence-corrected chi connectivity index (χ1v) is 12.0. The van der Waals surface area contributed by atoms with E-state index in [4.69, 9.17) is 9.63 Å². The number of benzene rings is 2. The molecule has 0 aliphatic carbocycles. The van der Waals surface area contributed by atoms with E-state index in [2.05, 4.69) is 47.1 Å². The molecule has 0 bridgehead atoms. The zero-order chi connectivity index (χ0) is 20.7. The molecule has 1 unspecified atom stereocenters. The standard InChI is InChI=1S/C23H34NO4P/c1-2-3-4-5-6-7-10-17-27-23-15-14-20(21-12-8-9-13-22(21)23)19-24-16-11-18-28-29(25)26/h8-9,12-15,24H,2-7,10-11,16-19H2,1H3/p+1. The van der Waals surface area contributed by atoms with Gasteiger partial charge in [0.2, 0.25) is 0 Å². The summed E-state index contributed by atoms with van der Waals surface area (Å²) in [6.07, 6.45) is 9.66. The molecule has 29 heavy (non-hydrogen) atoms. The van der Waals surface area contributed by atoms with Gasteiger partial charge in [-0.05, 0) is 36.4 Å². The molecule has 0 amide bonds. The fraction of sp³-hybridized carbons (Fsp3) is 0.565. The molecular formula is C23H35NO4P+. The van der Waals surface area contributed by atoms with Gasteiger partial charge in [-0.1, -0.05) is 75.8 Å². The van der Waals surface area contributed by atoms with E-state index in [1.54, 1.807) is 0 Å². The highest BCUT2D eigenvalue weighted by Gasteiger charge is 2.10. The zero-order valence-corrected chi connectivity index (χ0v) is 18.5. The summed E-state index contributed by atoms with van der Waals surface area (Å²) in [6, 6.07) is 12.5. The first-order chi connectivity index (χ1) is 14.2. The predicted molar refractivity (Wildman–Crippen MR) is 120 cm³/mol. The SMILES string of the molecule is CCCCCCCCCOc1ccc(CNCCCO[P+](=O)O)c2ccccc12. The van der Waals surface area contributed by atoms with Gasteiger partial charge in [-0.3, -0.25) is 0 Å². The van der Waals surface area contributed by atoms with E-state index >= 15 is 0 Å². The largest absolute Gasteiger partial charge is 0.694 e. The van der Waals surface area contributed by atoms with Crippen LogP contribution in [0, 0.1) is 0 Å². The Morgan fingerprint density at radius 2 is 1.62 bits per heavy atom. The number of hydrogen-bond acceptors (Lipinski definition) is 4. The molecule has 0 fully saturated rings. The van der Waals surface area contributed by atoms with Crippen LogP contribution in [0.5, 0.6) is 5.75 Å². The quantitative estimate of drug-likeness (QED) is 0.253. The van der Waals surface area contributed by atoms with Crippen molar-refractivity contribution in [1.82, 2.24) is 5.32 Å². The van der Waals surface area contributed by atoms with Crippen molar-refractivity contribution in [3.8, 4) is 5.75 Å². The minimum atomic E-state index is -2.50. The van der Waals surface area contributed by atoms with Crippen LogP contribution in [0.3, 0.4) is 0 Å². The lowest BCUT2D eigenvalue weighted by atomic mass is 10.0. The van der Waals surface area contributed by atoms with Crippen LogP contribution >= 0.6 is 8.25 Å². The Kier molecular flexibility index (Phi) is 11.8. The maximum atomic E-state index is 10.5. The fourth-order valence-corrected chi connectivity index (χ4v) is 3.70. The molecule has 160 valence electrons. The molecule has 2 aromatic carbocycles. The predicted octanol–water partition coefficient (Wildman–Crippen LogP) is 6.12. The molecule has 0 radical (unpaired) electrons. The molecule has 1 atom stereocenters. The second kappa shape index (κ2) is 14.5. The fourth-order valence-electron chi connectivity index (χ4n) is 3.42. The molecule has 0 saturated carbocycles. The minimum absolute atomic E-state index is 0.283. The van der Waals surface area contributed by atoms with Gasteiger partial charge in [0.05, 0.1) is 6.61 Å². The third-order valence-electron chi connectivity index (χ3n) is 4.99. The number of hydrogen-bond donors (Lipinski definition) is 2. The van der Waals surface area contributed by atoms with Gasteiger partial charge in [0, 0.05) is 16.5 Å². The Hall–Kier alpha value is -1.52. The molecule has 0 saturated heterocycles. The lowest BCUT2D eigenvalue weighted by Gasteiger charge is -2.13. The van der Waals surface area contributed by atoms with Gasteiger partial charge in [0.1, 0.15) is 12.4 Å². The van der Waals surface area contributed by atoms with E-state index in [-0.39, 0.29) is 6.61 Å². The molecule has 0 aromatic heterocycles. The van der Waals surface area contributed by atoms with Crippen LogP contribution < -0.4 is 10.1 Å². The van der Waals surface area contributed by atoms with E-state index < -0.39 is 8.25 Å². The Bertz CT molecular complexity index is 738. The Labute approximate surface area is 175 Å². The van der Waals surface area contributed by atoms with Crippen molar-refractivity contribution >= 4 is 19.0 Å². The van der Waals surface area contributed by atoms with Gasteiger partial charge < -0.3 is 10.1 Å². The van der Waals surface area contributed by atoms with Crippen LogP contribution in [-0.4, -0.2) is 24.7 Å². The van der Waals surface area contributed by atoms with Gasteiger partial charge in [-0.15, -0.1) is 9.42 Å². The average Bonchev–Trinajstić information content (AvgIpc) is 2.73. The normalized spacial score (nSPS) is 11.7. The summed E-state index contributed by atoms with van der Waals surface area (Å²) in [5, 5.41) is 5.72. The summed E-state index contributed by atoms with van der Waals surface area (Å²) in [4.78, 5) is 8.62. The summed E-state index contributed by atoms with van der Waals surface area (Å²) in [5.41, 5.74) is 1.22. The van der Waals surface area contributed by atoms with Crippen molar-refractivity contribution < 1.29 is 18.7 Å². The molecule has 0 heterocycles. The van der Waals surface area contributed by atoms with Gasteiger partial charge >= 0.3 is 8.25 Å². The number of ether oxygens (including phenoxy) is 1. The maximum Gasteiger partial charge on any atom is 0.694 e. The van der Waals surface area contributed by atoms with Gasteiger partial charge in [0.15, 0.2) is 0 Å². The van der Waals surface area contributed by atoms with Crippen LogP contribution in [0.2, 0.25) is 0 Å².